The van der Waals surface area contributed by atoms with Crippen LogP contribution in [0.5, 0.6) is 0 Å². The molecule has 3 rings (SSSR count). The van der Waals surface area contributed by atoms with E-state index in [1.54, 1.807) is 25.8 Å². The molecule has 9 heteroatoms. The fourth-order valence-corrected chi connectivity index (χ4v) is 3.18. The van der Waals surface area contributed by atoms with Gasteiger partial charge in [0, 0.05) is 25.4 Å². The first kappa shape index (κ1) is 26.3. The third kappa shape index (κ3) is 6.40. The second kappa shape index (κ2) is 12.2. The Morgan fingerprint density at radius 3 is 2.53 bits per heavy atom. The molecule has 1 amide bonds. The molecule has 0 aliphatic rings. The molecule has 1 aromatic carbocycles. The number of rotatable bonds is 7. The number of aliphatic hydroxyl groups is 1. The van der Waals surface area contributed by atoms with E-state index in [0.29, 0.717) is 40.9 Å². The molecular formula is C23H29FN6O2. The Hall–Kier alpha value is -3.69. The number of carbonyl (C=O) groups is 1. The number of hydrogen-bond donors (Lipinski definition) is 2. The van der Waals surface area contributed by atoms with Gasteiger partial charge in [0.1, 0.15) is 5.82 Å². The highest BCUT2D eigenvalue weighted by Crippen LogP contribution is 2.24. The van der Waals surface area contributed by atoms with Gasteiger partial charge in [0.05, 0.1) is 18.0 Å². The molecule has 2 heterocycles. The molecule has 0 unspecified atom stereocenters. The standard InChI is InChI=1S/C19H25FN6O2.2C2H2/c1-11-8-13(20)10-14-17(11)23-19(21)26-18(14)22-15(24-26)6-4-5-7-25(3)16(28)9-12(2)27;2*1-2/h8,10,12,27H,4-7,9H2,1-3H3,(H2,21,23);2*1-2H/t12-;;/m1../s1. The van der Waals surface area contributed by atoms with Gasteiger partial charge in [-0.25, -0.2) is 14.4 Å². The lowest BCUT2D eigenvalue weighted by atomic mass is 10.1. The van der Waals surface area contributed by atoms with Crippen molar-refractivity contribution < 1.29 is 14.3 Å². The van der Waals surface area contributed by atoms with Gasteiger partial charge in [0.25, 0.3) is 0 Å². The van der Waals surface area contributed by atoms with Gasteiger partial charge in [0.2, 0.25) is 11.9 Å². The predicted octanol–water partition coefficient (Wildman–Crippen LogP) is 2.36. The molecule has 2 aromatic heterocycles. The van der Waals surface area contributed by atoms with Crippen molar-refractivity contribution >= 4 is 28.4 Å². The summed E-state index contributed by atoms with van der Waals surface area (Å²) in [5.41, 5.74) is 7.80. The van der Waals surface area contributed by atoms with Crippen LogP contribution in [-0.4, -0.2) is 55.2 Å². The average Bonchev–Trinajstić information content (AvgIpc) is 3.20. The maximum absolute atomic E-state index is 13.8. The Bertz CT molecular complexity index is 1100. The number of aliphatic hydroxyl groups excluding tert-OH is 1. The Labute approximate surface area is 187 Å². The molecule has 0 bridgehead atoms. The van der Waals surface area contributed by atoms with Crippen molar-refractivity contribution in [3.8, 4) is 25.7 Å². The number of benzene rings is 1. The Morgan fingerprint density at radius 2 is 1.91 bits per heavy atom. The molecule has 0 spiro atoms. The summed E-state index contributed by atoms with van der Waals surface area (Å²) in [4.78, 5) is 22.3. The molecule has 0 aliphatic heterocycles. The number of aromatic nitrogens is 4. The van der Waals surface area contributed by atoms with Gasteiger partial charge in [-0.05, 0) is 44.4 Å². The maximum Gasteiger partial charge on any atom is 0.224 e. The monoisotopic (exact) mass is 440 g/mol. The van der Waals surface area contributed by atoms with E-state index >= 15 is 0 Å². The lowest BCUT2D eigenvalue weighted by molar-refractivity contribution is -0.131. The van der Waals surface area contributed by atoms with Gasteiger partial charge in [-0.3, -0.25) is 4.79 Å². The number of carbonyl (C=O) groups excluding carboxylic acids is 1. The number of anilines is 1. The number of fused-ring (bicyclic) bond motifs is 3. The number of nitrogen functional groups attached to an aromatic ring is 1. The van der Waals surface area contributed by atoms with Gasteiger partial charge in [-0.2, -0.15) is 4.52 Å². The van der Waals surface area contributed by atoms with Crippen LogP contribution in [0.1, 0.15) is 37.6 Å². The molecule has 1 atom stereocenters. The summed E-state index contributed by atoms with van der Waals surface area (Å²) in [5.74, 6) is 0.372. The van der Waals surface area contributed by atoms with Gasteiger partial charge >= 0.3 is 0 Å². The van der Waals surface area contributed by atoms with E-state index in [1.807, 2.05) is 0 Å². The van der Waals surface area contributed by atoms with Gasteiger partial charge in [-0.1, -0.05) is 0 Å². The fraction of sp³-hybridized carbons (Fsp3) is 0.391. The number of unbranched alkanes of at least 4 members (excludes halogenated alkanes) is 1. The van der Waals surface area contributed by atoms with E-state index in [4.69, 9.17) is 5.73 Å². The Kier molecular flexibility index (Phi) is 10.1. The topological polar surface area (TPSA) is 110 Å². The maximum atomic E-state index is 13.8. The first-order valence-corrected chi connectivity index (χ1v) is 9.96. The van der Waals surface area contributed by atoms with Crippen LogP contribution in [0, 0.1) is 38.4 Å². The third-order valence-corrected chi connectivity index (χ3v) is 4.64. The molecule has 0 saturated heterocycles. The summed E-state index contributed by atoms with van der Waals surface area (Å²) in [6.45, 7) is 3.97. The highest BCUT2D eigenvalue weighted by molar-refractivity contribution is 5.94. The van der Waals surface area contributed by atoms with Crippen molar-refractivity contribution in [3.05, 3.63) is 29.3 Å². The summed E-state index contributed by atoms with van der Waals surface area (Å²) < 4.78 is 15.3. The first-order valence-electron chi connectivity index (χ1n) is 9.96. The van der Waals surface area contributed by atoms with E-state index in [9.17, 15) is 14.3 Å². The number of nitrogens with zero attached hydrogens (tertiary/aromatic N) is 5. The molecule has 32 heavy (non-hydrogen) atoms. The van der Waals surface area contributed by atoms with E-state index < -0.39 is 6.10 Å². The summed E-state index contributed by atoms with van der Waals surface area (Å²) in [5, 5.41) is 14.3. The van der Waals surface area contributed by atoms with Crippen LogP contribution in [0.3, 0.4) is 0 Å². The molecule has 3 aromatic rings. The van der Waals surface area contributed by atoms with Crippen molar-refractivity contribution in [1.29, 1.82) is 0 Å². The molecule has 0 fully saturated rings. The number of hydrogen-bond acceptors (Lipinski definition) is 6. The van der Waals surface area contributed by atoms with Crippen LogP contribution < -0.4 is 5.73 Å². The Balaban J connectivity index is 0.00000121. The number of terminal acetylenes is 2. The lowest BCUT2D eigenvalue weighted by Gasteiger charge is -2.17. The minimum absolute atomic E-state index is 0.0800. The quantitative estimate of drug-likeness (QED) is 0.431. The normalized spacial score (nSPS) is 11.2. The molecule has 8 nitrogen and oxygen atoms in total. The zero-order chi connectivity index (χ0) is 24.4. The number of amides is 1. The number of halogens is 1. The predicted molar refractivity (Wildman–Crippen MR) is 124 cm³/mol. The summed E-state index contributed by atoms with van der Waals surface area (Å²) in [6.07, 6.45) is 17.6. The molecule has 0 saturated carbocycles. The molecular weight excluding hydrogens is 411 g/mol. The third-order valence-electron chi connectivity index (χ3n) is 4.64. The average molecular weight is 441 g/mol. The van der Waals surface area contributed by atoms with E-state index in [0.717, 1.165) is 12.8 Å². The largest absolute Gasteiger partial charge is 0.393 e. The number of nitrogens with two attached hydrogens (primary N) is 1. The fourth-order valence-electron chi connectivity index (χ4n) is 3.18. The van der Waals surface area contributed by atoms with Crippen LogP contribution >= 0.6 is 0 Å². The zero-order valence-corrected chi connectivity index (χ0v) is 18.6. The highest BCUT2D eigenvalue weighted by Gasteiger charge is 2.15. The second-order valence-electron chi connectivity index (χ2n) is 7.18. The van der Waals surface area contributed by atoms with Crippen molar-refractivity contribution in [2.75, 3.05) is 19.3 Å². The minimum Gasteiger partial charge on any atom is -0.393 e. The van der Waals surface area contributed by atoms with Gasteiger partial charge in [-0.15, -0.1) is 30.8 Å². The summed E-state index contributed by atoms with van der Waals surface area (Å²) in [6, 6.07) is 2.81. The van der Waals surface area contributed by atoms with E-state index in [1.165, 1.54) is 16.6 Å². The molecule has 3 N–H and O–H groups in total. The zero-order valence-electron chi connectivity index (χ0n) is 18.6. The SMILES string of the molecule is C#C.C#C.Cc1cc(F)cc2c1nc(N)n1nc(CCCCN(C)C(=O)C[C@@H](C)O)nc21. The van der Waals surface area contributed by atoms with Crippen LogP contribution in [0.2, 0.25) is 0 Å². The lowest BCUT2D eigenvalue weighted by Crippen LogP contribution is -2.30. The molecule has 0 radical (unpaired) electrons. The second-order valence-corrected chi connectivity index (χ2v) is 7.18. The molecule has 0 aliphatic carbocycles. The van der Waals surface area contributed by atoms with Gasteiger partial charge in [0.15, 0.2) is 11.5 Å². The van der Waals surface area contributed by atoms with Crippen molar-refractivity contribution in [2.45, 2.75) is 45.6 Å². The van der Waals surface area contributed by atoms with Crippen molar-refractivity contribution in [3.63, 3.8) is 0 Å². The van der Waals surface area contributed by atoms with E-state index in [2.05, 4.69) is 40.8 Å². The number of aryl methyl sites for hydroxylation is 2. The van der Waals surface area contributed by atoms with Crippen molar-refractivity contribution in [1.82, 2.24) is 24.5 Å². The van der Waals surface area contributed by atoms with Crippen LogP contribution in [0.15, 0.2) is 12.1 Å². The Morgan fingerprint density at radius 1 is 1.25 bits per heavy atom. The van der Waals surface area contributed by atoms with Gasteiger partial charge < -0.3 is 15.7 Å². The summed E-state index contributed by atoms with van der Waals surface area (Å²) in [7, 11) is 1.73. The smallest absolute Gasteiger partial charge is 0.224 e. The van der Waals surface area contributed by atoms with Crippen LogP contribution in [0.4, 0.5) is 10.3 Å². The summed E-state index contributed by atoms with van der Waals surface area (Å²) >= 11 is 0. The highest BCUT2D eigenvalue weighted by atomic mass is 19.1. The first-order chi connectivity index (χ1) is 15.3. The van der Waals surface area contributed by atoms with E-state index in [-0.39, 0.29) is 24.1 Å². The van der Waals surface area contributed by atoms with Crippen molar-refractivity contribution in [2.24, 2.45) is 0 Å². The molecule has 170 valence electrons. The van der Waals surface area contributed by atoms with Crippen LogP contribution in [0.25, 0.3) is 16.6 Å². The minimum atomic E-state index is -0.639. The van der Waals surface area contributed by atoms with Crippen LogP contribution in [-0.2, 0) is 11.2 Å².